The van der Waals surface area contributed by atoms with Gasteiger partial charge >= 0.3 is 0 Å². The van der Waals surface area contributed by atoms with Gasteiger partial charge in [-0.15, -0.1) is 0 Å². The normalized spacial score (nSPS) is 19.2. The standard InChI is InChI=1S/C13H19N5O/c1-9-7-12(15-5-6-19)18-13(16-9)8-11(17-18)10-3-2-4-14-10/h7-8,10,14-15,19H,2-6H2,1H3. The van der Waals surface area contributed by atoms with Crippen molar-refractivity contribution >= 4 is 11.5 Å². The van der Waals surface area contributed by atoms with Crippen molar-refractivity contribution in [2.24, 2.45) is 0 Å². The van der Waals surface area contributed by atoms with Crippen molar-refractivity contribution in [3.8, 4) is 0 Å². The van der Waals surface area contributed by atoms with Crippen LogP contribution in [0.25, 0.3) is 5.65 Å². The number of nitrogens with one attached hydrogen (secondary N) is 2. The van der Waals surface area contributed by atoms with E-state index >= 15 is 0 Å². The predicted octanol–water partition coefficient (Wildman–Crippen LogP) is 0.866. The molecule has 1 aliphatic heterocycles. The van der Waals surface area contributed by atoms with E-state index in [1.165, 1.54) is 6.42 Å². The summed E-state index contributed by atoms with van der Waals surface area (Å²) in [4.78, 5) is 4.51. The van der Waals surface area contributed by atoms with Gasteiger partial charge in [0, 0.05) is 24.4 Å². The molecule has 1 fully saturated rings. The molecule has 0 saturated carbocycles. The summed E-state index contributed by atoms with van der Waals surface area (Å²) in [7, 11) is 0. The third-order valence-corrected chi connectivity index (χ3v) is 3.41. The molecule has 3 N–H and O–H groups in total. The molecular formula is C13H19N5O. The first-order valence-corrected chi connectivity index (χ1v) is 6.73. The summed E-state index contributed by atoms with van der Waals surface area (Å²) in [5.74, 6) is 0.876. The Balaban J connectivity index is 2.00. The molecule has 3 rings (SSSR count). The summed E-state index contributed by atoms with van der Waals surface area (Å²) >= 11 is 0. The van der Waals surface area contributed by atoms with Crippen LogP contribution in [0.2, 0.25) is 0 Å². The van der Waals surface area contributed by atoms with Crippen LogP contribution in [-0.2, 0) is 0 Å². The monoisotopic (exact) mass is 261 g/mol. The van der Waals surface area contributed by atoms with Crippen LogP contribution < -0.4 is 10.6 Å². The zero-order valence-corrected chi connectivity index (χ0v) is 11.1. The summed E-state index contributed by atoms with van der Waals surface area (Å²) in [6.07, 6.45) is 2.32. The zero-order chi connectivity index (χ0) is 13.2. The third kappa shape index (κ3) is 2.41. The average Bonchev–Trinajstić information content (AvgIpc) is 3.03. The van der Waals surface area contributed by atoms with Crippen LogP contribution in [0.15, 0.2) is 12.1 Å². The van der Waals surface area contributed by atoms with Crippen LogP contribution in [0.4, 0.5) is 5.82 Å². The molecule has 0 aromatic carbocycles. The van der Waals surface area contributed by atoms with Crippen molar-refractivity contribution in [2.45, 2.75) is 25.8 Å². The molecule has 0 bridgehead atoms. The lowest BCUT2D eigenvalue weighted by molar-refractivity contribution is 0.311. The minimum Gasteiger partial charge on any atom is -0.395 e. The average molecular weight is 261 g/mol. The van der Waals surface area contributed by atoms with Crippen LogP contribution in [-0.4, -0.2) is 39.4 Å². The van der Waals surface area contributed by atoms with Gasteiger partial charge in [0.15, 0.2) is 5.65 Å². The molecule has 102 valence electrons. The second-order valence-corrected chi connectivity index (χ2v) is 4.92. The molecule has 3 heterocycles. The van der Waals surface area contributed by atoms with Gasteiger partial charge in [0.05, 0.1) is 18.3 Å². The number of aryl methyl sites for hydroxylation is 1. The Bertz CT molecular complexity index is 574. The van der Waals surface area contributed by atoms with Gasteiger partial charge in [0.2, 0.25) is 0 Å². The number of aliphatic hydroxyl groups excluding tert-OH is 1. The van der Waals surface area contributed by atoms with E-state index in [2.05, 4.69) is 20.7 Å². The molecule has 0 spiro atoms. The topological polar surface area (TPSA) is 74.5 Å². The Morgan fingerprint density at radius 1 is 1.53 bits per heavy atom. The molecule has 0 radical (unpaired) electrons. The van der Waals surface area contributed by atoms with E-state index in [1.807, 2.05) is 23.6 Å². The van der Waals surface area contributed by atoms with Gasteiger partial charge < -0.3 is 15.7 Å². The smallest absolute Gasteiger partial charge is 0.157 e. The van der Waals surface area contributed by atoms with Gasteiger partial charge in [-0.05, 0) is 26.3 Å². The molecule has 19 heavy (non-hydrogen) atoms. The molecule has 1 aliphatic rings. The lowest BCUT2D eigenvalue weighted by atomic mass is 10.2. The molecular weight excluding hydrogens is 242 g/mol. The lowest BCUT2D eigenvalue weighted by Gasteiger charge is -2.08. The number of aliphatic hydroxyl groups is 1. The van der Waals surface area contributed by atoms with Crippen LogP contribution in [0.5, 0.6) is 0 Å². The minimum absolute atomic E-state index is 0.0984. The maximum atomic E-state index is 8.93. The van der Waals surface area contributed by atoms with E-state index in [4.69, 9.17) is 5.11 Å². The molecule has 2 aromatic heterocycles. The molecule has 6 nitrogen and oxygen atoms in total. The van der Waals surface area contributed by atoms with Gasteiger partial charge in [0.1, 0.15) is 5.82 Å². The Morgan fingerprint density at radius 2 is 2.42 bits per heavy atom. The van der Waals surface area contributed by atoms with E-state index in [-0.39, 0.29) is 6.61 Å². The van der Waals surface area contributed by atoms with Crippen molar-refractivity contribution in [3.63, 3.8) is 0 Å². The Kier molecular flexibility index (Phi) is 3.35. The fourth-order valence-electron chi connectivity index (χ4n) is 2.54. The number of rotatable bonds is 4. The van der Waals surface area contributed by atoms with Crippen LogP contribution in [0.3, 0.4) is 0 Å². The number of hydrogen-bond donors (Lipinski definition) is 3. The van der Waals surface area contributed by atoms with Crippen LogP contribution in [0.1, 0.15) is 30.3 Å². The summed E-state index contributed by atoms with van der Waals surface area (Å²) in [6.45, 7) is 3.63. The molecule has 0 aliphatic carbocycles. The molecule has 1 atom stereocenters. The number of hydrogen-bond acceptors (Lipinski definition) is 5. The Morgan fingerprint density at radius 3 is 3.16 bits per heavy atom. The summed E-state index contributed by atoms with van der Waals surface area (Å²) < 4.78 is 1.82. The number of nitrogens with zero attached hydrogens (tertiary/aromatic N) is 3. The van der Waals surface area contributed by atoms with E-state index in [0.717, 1.165) is 35.8 Å². The quantitative estimate of drug-likeness (QED) is 0.761. The predicted molar refractivity (Wildman–Crippen MR) is 73.3 cm³/mol. The van der Waals surface area contributed by atoms with Gasteiger partial charge in [0.25, 0.3) is 0 Å². The first-order valence-electron chi connectivity index (χ1n) is 6.73. The van der Waals surface area contributed by atoms with E-state index in [9.17, 15) is 0 Å². The molecule has 6 heteroatoms. The summed E-state index contributed by atoms with van der Waals surface area (Å²) in [5.41, 5.74) is 2.84. The van der Waals surface area contributed by atoms with E-state index in [1.54, 1.807) is 0 Å². The van der Waals surface area contributed by atoms with E-state index < -0.39 is 0 Å². The molecule has 2 aromatic rings. The molecule has 0 amide bonds. The van der Waals surface area contributed by atoms with Crippen molar-refractivity contribution in [1.82, 2.24) is 19.9 Å². The number of aromatic nitrogens is 3. The van der Waals surface area contributed by atoms with Gasteiger partial charge in [-0.25, -0.2) is 4.98 Å². The second-order valence-electron chi connectivity index (χ2n) is 4.92. The van der Waals surface area contributed by atoms with Crippen molar-refractivity contribution in [2.75, 3.05) is 25.0 Å². The first kappa shape index (κ1) is 12.4. The number of anilines is 1. The number of fused-ring (bicyclic) bond motifs is 1. The highest BCUT2D eigenvalue weighted by atomic mass is 16.3. The van der Waals surface area contributed by atoms with Crippen molar-refractivity contribution < 1.29 is 5.11 Å². The van der Waals surface area contributed by atoms with Crippen LogP contribution in [0, 0.1) is 6.92 Å². The van der Waals surface area contributed by atoms with Crippen molar-refractivity contribution in [1.29, 1.82) is 0 Å². The maximum absolute atomic E-state index is 8.93. The summed E-state index contributed by atoms with van der Waals surface area (Å²) in [5, 5.41) is 20.2. The van der Waals surface area contributed by atoms with Gasteiger partial charge in [-0.2, -0.15) is 9.61 Å². The largest absolute Gasteiger partial charge is 0.395 e. The molecule has 1 unspecified atom stereocenters. The summed E-state index contributed by atoms with van der Waals surface area (Å²) in [6, 6.07) is 4.33. The second kappa shape index (κ2) is 5.14. The Hall–Kier alpha value is -1.66. The van der Waals surface area contributed by atoms with Crippen LogP contribution >= 0.6 is 0 Å². The zero-order valence-electron chi connectivity index (χ0n) is 11.1. The first-order chi connectivity index (χ1) is 9.28. The Labute approximate surface area is 111 Å². The highest BCUT2D eigenvalue weighted by molar-refractivity contribution is 5.50. The highest BCUT2D eigenvalue weighted by Gasteiger charge is 2.20. The minimum atomic E-state index is 0.0984. The van der Waals surface area contributed by atoms with Crippen molar-refractivity contribution in [3.05, 3.63) is 23.5 Å². The fraction of sp³-hybridized carbons (Fsp3) is 0.538. The van der Waals surface area contributed by atoms with Gasteiger partial charge in [-0.1, -0.05) is 0 Å². The van der Waals surface area contributed by atoms with Gasteiger partial charge in [-0.3, -0.25) is 0 Å². The highest BCUT2D eigenvalue weighted by Crippen LogP contribution is 2.24. The maximum Gasteiger partial charge on any atom is 0.157 e. The third-order valence-electron chi connectivity index (χ3n) is 3.41. The van der Waals surface area contributed by atoms with E-state index in [0.29, 0.717) is 12.6 Å². The SMILES string of the molecule is Cc1cc(NCCO)n2nc(C3CCCN3)cc2n1. The molecule has 1 saturated heterocycles. The fourth-order valence-corrected chi connectivity index (χ4v) is 2.54. The lowest BCUT2D eigenvalue weighted by Crippen LogP contribution is -2.14.